The molecule has 1 saturated carbocycles. The Morgan fingerprint density at radius 3 is 2.72 bits per heavy atom. The van der Waals surface area contributed by atoms with Gasteiger partial charge in [-0.2, -0.15) is 0 Å². The number of hydrogen-bond donors (Lipinski definition) is 1. The molecule has 0 bridgehead atoms. The topological polar surface area (TPSA) is 55.0 Å². The van der Waals surface area contributed by atoms with Gasteiger partial charge in [0.2, 0.25) is 0 Å². The second-order valence-electron chi connectivity index (χ2n) is 5.95. The molecule has 1 aromatic rings. The van der Waals surface area contributed by atoms with Crippen LogP contribution >= 0.6 is 0 Å². The second kappa shape index (κ2) is 3.92. The van der Waals surface area contributed by atoms with E-state index in [0.717, 1.165) is 38.2 Å². The minimum absolute atomic E-state index is 0.321. The van der Waals surface area contributed by atoms with Crippen LogP contribution < -0.4 is 10.6 Å². The van der Waals surface area contributed by atoms with Crippen LogP contribution in [0.15, 0.2) is 0 Å². The van der Waals surface area contributed by atoms with Crippen molar-refractivity contribution < 1.29 is 0 Å². The van der Waals surface area contributed by atoms with Gasteiger partial charge < -0.3 is 10.6 Å². The van der Waals surface area contributed by atoms with Crippen molar-refractivity contribution in [2.24, 2.45) is 5.73 Å². The van der Waals surface area contributed by atoms with E-state index < -0.39 is 0 Å². The molecule has 18 heavy (non-hydrogen) atoms. The van der Waals surface area contributed by atoms with E-state index in [1.807, 2.05) is 0 Å². The first-order valence-electron chi connectivity index (χ1n) is 7.21. The Hall–Kier alpha value is -1.16. The Morgan fingerprint density at radius 1 is 1.11 bits per heavy atom. The lowest BCUT2D eigenvalue weighted by Gasteiger charge is -2.20. The fraction of sp³-hybridized carbons (Fsp3) is 0.714. The highest BCUT2D eigenvalue weighted by Crippen LogP contribution is 2.40. The Morgan fingerprint density at radius 2 is 2.00 bits per heavy atom. The number of rotatable bonds is 2. The van der Waals surface area contributed by atoms with Crippen LogP contribution in [-0.2, 0) is 12.8 Å². The van der Waals surface area contributed by atoms with Gasteiger partial charge >= 0.3 is 0 Å². The highest BCUT2D eigenvalue weighted by atomic mass is 15.2. The second-order valence-corrected chi connectivity index (χ2v) is 5.95. The molecule has 0 radical (unpaired) electrons. The molecule has 4 heteroatoms. The van der Waals surface area contributed by atoms with E-state index in [4.69, 9.17) is 15.7 Å². The van der Waals surface area contributed by atoms with Gasteiger partial charge in [-0.3, -0.25) is 0 Å². The summed E-state index contributed by atoms with van der Waals surface area (Å²) >= 11 is 0. The number of nitrogens with zero attached hydrogens (tertiary/aromatic N) is 3. The summed E-state index contributed by atoms with van der Waals surface area (Å²) in [5.41, 5.74) is 8.77. The monoisotopic (exact) mass is 244 g/mol. The van der Waals surface area contributed by atoms with E-state index in [2.05, 4.69) is 4.90 Å². The molecule has 3 aliphatic rings. The molecule has 0 unspecified atom stereocenters. The van der Waals surface area contributed by atoms with Crippen molar-refractivity contribution in [1.82, 2.24) is 9.97 Å². The zero-order chi connectivity index (χ0) is 12.1. The fourth-order valence-electron chi connectivity index (χ4n) is 3.20. The molecule has 4 rings (SSSR count). The molecule has 4 nitrogen and oxygen atoms in total. The molecule has 96 valence electrons. The molecule has 2 fully saturated rings. The highest BCUT2D eigenvalue weighted by Gasteiger charge is 2.32. The van der Waals surface area contributed by atoms with Gasteiger partial charge in [0.15, 0.2) is 0 Å². The Kier molecular flexibility index (Phi) is 2.34. The third-order valence-electron chi connectivity index (χ3n) is 4.40. The van der Waals surface area contributed by atoms with Gasteiger partial charge in [0, 0.05) is 36.3 Å². The minimum atomic E-state index is 0.321. The van der Waals surface area contributed by atoms with Gasteiger partial charge in [-0.15, -0.1) is 0 Å². The highest BCUT2D eigenvalue weighted by molar-refractivity contribution is 5.52. The quantitative estimate of drug-likeness (QED) is 0.854. The molecule has 2 N–H and O–H groups in total. The van der Waals surface area contributed by atoms with Crippen molar-refractivity contribution in [2.45, 2.75) is 50.5 Å². The lowest BCUT2D eigenvalue weighted by Crippen LogP contribution is -2.28. The van der Waals surface area contributed by atoms with Crippen molar-refractivity contribution in [3.8, 4) is 0 Å². The summed E-state index contributed by atoms with van der Waals surface area (Å²) < 4.78 is 0. The summed E-state index contributed by atoms with van der Waals surface area (Å²) in [6.45, 7) is 2.03. The van der Waals surface area contributed by atoms with Crippen LogP contribution in [0.4, 0.5) is 5.82 Å². The van der Waals surface area contributed by atoms with Gasteiger partial charge in [0.1, 0.15) is 11.6 Å². The van der Waals surface area contributed by atoms with Gasteiger partial charge in [0.05, 0.1) is 0 Å². The van der Waals surface area contributed by atoms with Crippen molar-refractivity contribution in [3.05, 3.63) is 17.1 Å². The van der Waals surface area contributed by atoms with E-state index in [1.54, 1.807) is 0 Å². The third kappa shape index (κ3) is 1.70. The lowest BCUT2D eigenvalue weighted by atomic mass is 10.2. The summed E-state index contributed by atoms with van der Waals surface area (Å²) in [7, 11) is 0. The first-order valence-corrected chi connectivity index (χ1v) is 7.21. The maximum atomic E-state index is 6.03. The minimum Gasteiger partial charge on any atom is -0.355 e. The van der Waals surface area contributed by atoms with E-state index in [0.29, 0.717) is 12.0 Å². The molecule has 1 saturated heterocycles. The molecular formula is C14H20N4. The number of fused-ring (bicyclic) bond motifs is 1. The molecule has 0 aromatic carbocycles. The van der Waals surface area contributed by atoms with E-state index in [-0.39, 0.29) is 0 Å². The number of nitrogens with two attached hydrogens (primary N) is 1. The normalized spacial score (nSPS) is 26.7. The first-order chi connectivity index (χ1) is 8.81. The molecule has 0 spiro atoms. The van der Waals surface area contributed by atoms with Crippen LogP contribution in [0.1, 0.15) is 48.7 Å². The average Bonchev–Trinajstić information content (AvgIpc) is 2.96. The van der Waals surface area contributed by atoms with Crippen molar-refractivity contribution >= 4 is 5.82 Å². The fourth-order valence-corrected chi connectivity index (χ4v) is 3.20. The van der Waals surface area contributed by atoms with Crippen LogP contribution in [-0.4, -0.2) is 29.1 Å². The van der Waals surface area contributed by atoms with Crippen LogP contribution in [0.3, 0.4) is 0 Å². The SMILES string of the molecule is N[C@@H]1CCN(c2nc(C3CC3)nc3c2CCC3)C1. The molecular weight excluding hydrogens is 224 g/mol. The average molecular weight is 244 g/mol. The van der Waals surface area contributed by atoms with Crippen LogP contribution in [0.25, 0.3) is 0 Å². The van der Waals surface area contributed by atoms with Gasteiger partial charge in [-0.05, 0) is 38.5 Å². The summed E-state index contributed by atoms with van der Waals surface area (Å²) in [5, 5.41) is 0. The van der Waals surface area contributed by atoms with Gasteiger partial charge in [-0.25, -0.2) is 9.97 Å². The predicted molar refractivity (Wildman–Crippen MR) is 70.8 cm³/mol. The third-order valence-corrected chi connectivity index (χ3v) is 4.40. The standard InChI is InChI=1S/C14H20N4/c15-10-6-7-18(8-10)14-11-2-1-3-12(11)16-13(17-14)9-4-5-9/h9-10H,1-8,15H2/t10-/m1/s1. The number of aromatic nitrogens is 2. The molecule has 1 aliphatic heterocycles. The van der Waals surface area contributed by atoms with E-state index >= 15 is 0 Å². The van der Waals surface area contributed by atoms with E-state index in [9.17, 15) is 0 Å². The molecule has 2 heterocycles. The Bertz CT molecular complexity index is 481. The Labute approximate surface area is 108 Å². The molecule has 2 aliphatic carbocycles. The zero-order valence-corrected chi connectivity index (χ0v) is 10.7. The summed E-state index contributed by atoms with van der Waals surface area (Å²) in [6.07, 6.45) is 7.18. The van der Waals surface area contributed by atoms with Crippen LogP contribution in [0.2, 0.25) is 0 Å². The van der Waals surface area contributed by atoms with Crippen LogP contribution in [0.5, 0.6) is 0 Å². The van der Waals surface area contributed by atoms with Crippen LogP contribution in [0, 0.1) is 0 Å². The van der Waals surface area contributed by atoms with E-state index in [1.165, 1.54) is 36.3 Å². The van der Waals surface area contributed by atoms with Crippen molar-refractivity contribution in [2.75, 3.05) is 18.0 Å². The maximum Gasteiger partial charge on any atom is 0.135 e. The van der Waals surface area contributed by atoms with Gasteiger partial charge in [0.25, 0.3) is 0 Å². The lowest BCUT2D eigenvalue weighted by molar-refractivity contribution is 0.750. The molecule has 0 amide bonds. The molecule has 1 aromatic heterocycles. The summed E-state index contributed by atoms with van der Waals surface area (Å²) in [4.78, 5) is 12.1. The number of anilines is 1. The van der Waals surface area contributed by atoms with Crippen molar-refractivity contribution in [3.63, 3.8) is 0 Å². The Balaban J connectivity index is 1.75. The summed E-state index contributed by atoms with van der Waals surface area (Å²) in [5.74, 6) is 2.96. The predicted octanol–water partition coefficient (Wildman–Crippen LogP) is 1.38. The maximum absolute atomic E-state index is 6.03. The number of aryl methyl sites for hydroxylation is 1. The largest absolute Gasteiger partial charge is 0.355 e. The smallest absolute Gasteiger partial charge is 0.135 e. The molecule has 1 atom stereocenters. The number of hydrogen-bond acceptors (Lipinski definition) is 4. The zero-order valence-electron chi connectivity index (χ0n) is 10.7. The summed E-state index contributed by atoms with van der Waals surface area (Å²) in [6, 6.07) is 0.321. The van der Waals surface area contributed by atoms with Crippen molar-refractivity contribution in [1.29, 1.82) is 0 Å². The first kappa shape index (κ1) is 10.7. The van der Waals surface area contributed by atoms with Gasteiger partial charge in [-0.1, -0.05) is 0 Å².